The lowest BCUT2D eigenvalue weighted by Crippen LogP contribution is -2.54. The number of hydrogen-bond donors (Lipinski definition) is 2. The van der Waals surface area contributed by atoms with Crippen LogP contribution in [-0.4, -0.2) is 45.3 Å². The third-order valence-electron chi connectivity index (χ3n) is 3.73. The fourth-order valence-electron chi connectivity index (χ4n) is 2.76. The van der Waals surface area contributed by atoms with Crippen molar-refractivity contribution in [2.75, 3.05) is 38.3 Å². The normalized spacial score (nSPS) is 18.6. The van der Waals surface area contributed by atoms with Gasteiger partial charge in [-0.1, -0.05) is 12.1 Å². The van der Waals surface area contributed by atoms with Crippen molar-refractivity contribution in [2.24, 2.45) is 0 Å². The Hall–Kier alpha value is -1.59. The molecule has 5 nitrogen and oxygen atoms in total. The van der Waals surface area contributed by atoms with Crippen LogP contribution in [0.3, 0.4) is 0 Å². The molecule has 0 saturated carbocycles. The van der Waals surface area contributed by atoms with E-state index in [1.54, 1.807) is 0 Å². The monoisotopic (exact) mass is 291 g/mol. The zero-order valence-electron chi connectivity index (χ0n) is 13.1. The molecule has 1 fully saturated rings. The first-order valence-electron chi connectivity index (χ1n) is 7.53. The zero-order valence-corrected chi connectivity index (χ0v) is 13.1. The van der Waals surface area contributed by atoms with Crippen LogP contribution in [0.4, 0.5) is 5.69 Å². The first kappa shape index (κ1) is 15.8. The molecule has 0 aliphatic carbocycles. The first-order chi connectivity index (χ1) is 10.2. The Balaban J connectivity index is 2.22. The summed E-state index contributed by atoms with van der Waals surface area (Å²) in [5.41, 5.74) is 3.56. The van der Waals surface area contributed by atoms with E-state index in [2.05, 4.69) is 40.7 Å². The van der Waals surface area contributed by atoms with Crippen molar-refractivity contribution in [1.82, 2.24) is 10.6 Å². The molecule has 2 rings (SSSR count). The molecule has 0 bridgehead atoms. The average molecular weight is 291 g/mol. The number of benzene rings is 1. The summed E-state index contributed by atoms with van der Waals surface area (Å²) in [6.07, 6.45) is 0. The van der Waals surface area contributed by atoms with Crippen LogP contribution < -0.4 is 15.5 Å². The van der Waals surface area contributed by atoms with Crippen LogP contribution in [0.15, 0.2) is 18.2 Å². The number of rotatable bonds is 5. The molecule has 0 spiro atoms. The number of nitrogens with zero attached hydrogens (tertiary/aromatic N) is 1. The third kappa shape index (κ3) is 3.74. The molecule has 1 saturated heterocycles. The third-order valence-corrected chi connectivity index (χ3v) is 3.73. The van der Waals surface area contributed by atoms with Gasteiger partial charge in [-0.05, 0) is 38.1 Å². The molecule has 5 heteroatoms. The van der Waals surface area contributed by atoms with E-state index in [0.29, 0.717) is 19.8 Å². The second-order valence-electron chi connectivity index (χ2n) is 5.33. The number of carbonyl (C=O) groups is 1. The number of morpholine rings is 1. The average Bonchev–Trinajstić information content (AvgIpc) is 2.48. The van der Waals surface area contributed by atoms with Gasteiger partial charge in [-0.25, -0.2) is 0 Å². The summed E-state index contributed by atoms with van der Waals surface area (Å²) < 4.78 is 5.49. The van der Waals surface area contributed by atoms with Crippen LogP contribution in [-0.2, 0) is 16.1 Å². The Bertz CT molecular complexity index is 490. The molecule has 0 aromatic heterocycles. The van der Waals surface area contributed by atoms with Crippen molar-refractivity contribution >= 4 is 11.6 Å². The van der Waals surface area contributed by atoms with Crippen molar-refractivity contribution in [3.05, 3.63) is 29.3 Å². The highest BCUT2D eigenvalue weighted by Gasteiger charge is 2.30. The SMILES string of the molecule is CCNC(=O)C1COCCN1c1ccc(CNC)cc1C. The van der Waals surface area contributed by atoms with Crippen LogP contribution in [0.2, 0.25) is 0 Å². The van der Waals surface area contributed by atoms with Gasteiger partial charge in [0, 0.05) is 25.3 Å². The van der Waals surface area contributed by atoms with Crippen LogP contribution in [0, 0.1) is 6.92 Å². The van der Waals surface area contributed by atoms with Gasteiger partial charge in [-0.2, -0.15) is 0 Å². The molecule has 1 aromatic carbocycles. The van der Waals surface area contributed by atoms with E-state index in [4.69, 9.17) is 4.74 Å². The molecule has 1 aliphatic heterocycles. The molecule has 1 unspecified atom stereocenters. The van der Waals surface area contributed by atoms with Crippen molar-refractivity contribution in [3.63, 3.8) is 0 Å². The first-order valence-corrected chi connectivity index (χ1v) is 7.53. The number of nitrogens with one attached hydrogen (secondary N) is 2. The van der Waals surface area contributed by atoms with E-state index in [9.17, 15) is 4.79 Å². The smallest absolute Gasteiger partial charge is 0.245 e. The van der Waals surface area contributed by atoms with Crippen LogP contribution in [0.25, 0.3) is 0 Å². The van der Waals surface area contributed by atoms with Crippen LogP contribution in [0.1, 0.15) is 18.1 Å². The van der Waals surface area contributed by atoms with Crippen LogP contribution >= 0.6 is 0 Å². The summed E-state index contributed by atoms with van der Waals surface area (Å²) >= 11 is 0. The van der Waals surface area contributed by atoms with Gasteiger partial charge in [-0.15, -0.1) is 0 Å². The van der Waals surface area contributed by atoms with Gasteiger partial charge >= 0.3 is 0 Å². The van der Waals surface area contributed by atoms with Crippen LogP contribution in [0.5, 0.6) is 0 Å². The molecular weight excluding hydrogens is 266 g/mol. The maximum absolute atomic E-state index is 12.2. The van der Waals surface area contributed by atoms with E-state index in [-0.39, 0.29) is 11.9 Å². The summed E-state index contributed by atoms with van der Waals surface area (Å²) in [4.78, 5) is 14.4. The molecule has 2 N–H and O–H groups in total. The molecule has 1 aromatic rings. The van der Waals surface area contributed by atoms with Gasteiger partial charge in [0.25, 0.3) is 0 Å². The van der Waals surface area contributed by atoms with Gasteiger partial charge in [-0.3, -0.25) is 4.79 Å². The maximum Gasteiger partial charge on any atom is 0.245 e. The number of likely N-dealkylation sites (N-methyl/N-ethyl adjacent to an activating group) is 1. The predicted octanol–water partition coefficient (Wildman–Crippen LogP) is 1.06. The molecular formula is C16H25N3O2. The summed E-state index contributed by atoms with van der Waals surface area (Å²) in [5.74, 6) is 0.0379. The van der Waals surface area contributed by atoms with E-state index < -0.39 is 0 Å². The highest BCUT2D eigenvalue weighted by atomic mass is 16.5. The highest BCUT2D eigenvalue weighted by molar-refractivity contribution is 5.86. The highest BCUT2D eigenvalue weighted by Crippen LogP contribution is 2.25. The molecule has 1 heterocycles. The van der Waals surface area contributed by atoms with Crippen molar-refractivity contribution in [3.8, 4) is 0 Å². The van der Waals surface area contributed by atoms with Gasteiger partial charge in [0.2, 0.25) is 5.91 Å². The van der Waals surface area contributed by atoms with E-state index >= 15 is 0 Å². The van der Waals surface area contributed by atoms with Crippen molar-refractivity contribution in [1.29, 1.82) is 0 Å². The van der Waals surface area contributed by atoms with Gasteiger partial charge < -0.3 is 20.3 Å². The zero-order chi connectivity index (χ0) is 15.2. The summed E-state index contributed by atoms with van der Waals surface area (Å²) in [5, 5.41) is 6.05. The largest absolute Gasteiger partial charge is 0.377 e. The van der Waals surface area contributed by atoms with Gasteiger partial charge in [0.15, 0.2) is 0 Å². The summed E-state index contributed by atoms with van der Waals surface area (Å²) in [6.45, 7) is 7.38. The Morgan fingerprint density at radius 3 is 2.95 bits per heavy atom. The Morgan fingerprint density at radius 2 is 2.29 bits per heavy atom. The Morgan fingerprint density at radius 1 is 1.48 bits per heavy atom. The standard InChI is InChI=1S/C16H25N3O2/c1-4-18-16(20)15-11-21-8-7-19(15)14-6-5-13(10-17-3)9-12(14)2/h5-6,9,15,17H,4,7-8,10-11H2,1-3H3,(H,18,20). The predicted molar refractivity (Wildman–Crippen MR) is 84.6 cm³/mol. The number of amides is 1. The van der Waals surface area contributed by atoms with E-state index in [1.807, 2.05) is 14.0 Å². The minimum Gasteiger partial charge on any atom is -0.377 e. The lowest BCUT2D eigenvalue weighted by molar-refractivity contribution is -0.124. The lowest BCUT2D eigenvalue weighted by atomic mass is 10.1. The topological polar surface area (TPSA) is 53.6 Å². The fraction of sp³-hybridized carbons (Fsp3) is 0.562. The summed E-state index contributed by atoms with van der Waals surface area (Å²) in [6, 6.07) is 6.16. The minimum atomic E-state index is -0.243. The number of anilines is 1. The summed E-state index contributed by atoms with van der Waals surface area (Å²) in [7, 11) is 1.94. The van der Waals surface area contributed by atoms with Gasteiger partial charge in [0.05, 0.1) is 13.2 Å². The van der Waals surface area contributed by atoms with Crippen molar-refractivity contribution < 1.29 is 9.53 Å². The minimum absolute atomic E-state index is 0.0379. The second-order valence-corrected chi connectivity index (χ2v) is 5.33. The van der Waals surface area contributed by atoms with Gasteiger partial charge in [0.1, 0.15) is 6.04 Å². The fourth-order valence-corrected chi connectivity index (χ4v) is 2.76. The second kappa shape index (κ2) is 7.43. The molecule has 0 radical (unpaired) electrons. The van der Waals surface area contributed by atoms with E-state index in [0.717, 1.165) is 18.8 Å². The van der Waals surface area contributed by atoms with Crippen molar-refractivity contribution in [2.45, 2.75) is 26.4 Å². The Labute approximate surface area is 126 Å². The molecule has 116 valence electrons. The quantitative estimate of drug-likeness (QED) is 0.851. The number of carbonyl (C=O) groups excluding carboxylic acids is 1. The Kier molecular flexibility index (Phi) is 5.59. The molecule has 1 amide bonds. The molecule has 21 heavy (non-hydrogen) atoms. The number of aryl methyl sites for hydroxylation is 1. The molecule has 1 aliphatic rings. The lowest BCUT2D eigenvalue weighted by Gasteiger charge is -2.37. The number of hydrogen-bond acceptors (Lipinski definition) is 4. The molecule has 1 atom stereocenters. The number of ether oxygens (including phenoxy) is 1. The maximum atomic E-state index is 12.2. The van der Waals surface area contributed by atoms with E-state index in [1.165, 1.54) is 11.1 Å².